The van der Waals surface area contributed by atoms with Gasteiger partial charge in [-0.15, -0.1) is 0 Å². The minimum absolute atomic E-state index is 0.0726. The molecule has 3 rings (SSSR count). The number of piperidine rings is 1. The average Bonchev–Trinajstić information content (AvgIpc) is 2.45. The van der Waals surface area contributed by atoms with Gasteiger partial charge in [-0.05, 0) is 37.5 Å². The van der Waals surface area contributed by atoms with Crippen molar-refractivity contribution >= 4 is 21.6 Å². The van der Waals surface area contributed by atoms with Gasteiger partial charge in [0, 0.05) is 24.7 Å². The Morgan fingerprint density at radius 1 is 1.27 bits per heavy atom. The fourth-order valence-corrected chi connectivity index (χ4v) is 3.68. The van der Waals surface area contributed by atoms with Crippen LogP contribution in [0.3, 0.4) is 0 Å². The highest BCUT2D eigenvalue weighted by molar-refractivity contribution is 7.92. The van der Waals surface area contributed by atoms with Gasteiger partial charge in [0.2, 0.25) is 10.0 Å². The van der Waals surface area contributed by atoms with E-state index in [4.69, 9.17) is 4.74 Å². The molecule has 1 N–H and O–H groups in total. The van der Waals surface area contributed by atoms with Gasteiger partial charge >= 0.3 is 0 Å². The number of ether oxygens (including phenoxy) is 1. The van der Waals surface area contributed by atoms with E-state index in [0.717, 1.165) is 38.5 Å². The first-order chi connectivity index (χ1) is 10.4. The highest BCUT2D eigenvalue weighted by Crippen LogP contribution is 2.31. The van der Waals surface area contributed by atoms with Gasteiger partial charge in [-0.2, -0.15) is 0 Å². The van der Waals surface area contributed by atoms with Crippen molar-refractivity contribution in [1.82, 2.24) is 4.90 Å². The molecule has 2 heterocycles. The van der Waals surface area contributed by atoms with E-state index in [1.807, 2.05) is 4.90 Å². The Bertz CT molecular complexity index is 687. The van der Waals surface area contributed by atoms with Crippen molar-refractivity contribution in [1.29, 1.82) is 0 Å². The molecular formula is C15H20N2O4S. The molecular weight excluding hydrogens is 304 g/mol. The summed E-state index contributed by atoms with van der Waals surface area (Å²) in [5.74, 6) is 0.449. The van der Waals surface area contributed by atoms with Crippen LogP contribution in [0.25, 0.3) is 0 Å². The van der Waals surface area contributed by atoms with Crippen molar-refractivity contribution in [2.75, 3.05) is 24.1 Å². The number of anilines is 1. The number of nitrogens with one attached hydrogen (secondary N) is 1. The third-order valence-electron chi connectivity index (χ3n) is 4.11. The second-order valence-electron chi connectivity index (χ2n) is 5.87. The normalized spacial score (nSPS) is 22.0. The average molecular weight is 324 g/mol. The van der Waals surface area contributed by atoms with Gasteiger partial charge in [-0.3, -0.25) is 9.52 Å². The van der Waals surface area contributed by atoms with Crippen LogP contribution in [-0.4, -0.2) is 44.7 Å². The number of sulfonamides is 1. The quantitative estimate of drug-likeness (QED) is 0.900. The Kier molecular flexibility index (Phi) is 3.99. The van der Waals surface area contributed by atoms with Crippen molar-refractivity contribution in [2.24, 2.45) is 0 Å². The number of amides is 1. The predicted molar refractivity (Wildman–Crippen MR) is 83.7 cm³/mol. The third-order valence-corrected chi connectivity index (χ3v) is 4.72. The number of hydrogen-bond donors (Lipinski definition) is 1. The lowest BCUT2D eigenvalue weighted by atomic mass is 9.97. The van der Waals surface area contributed by atoms with Crippen LogP contribution in [0.2, 0.25) is 0 Å². The number of carbonyl (C=O) groups excluding carboxylic acids is 1. The minimum atomic E-state index is -3.38. The summed E-state index contributed by atoms with van der Waals surface area (Å²) in [6.07, 6.45) is 5.08. The van der Waals surface area contributed by atoms with Crippen LogP contribution < -0.4 is 9.46 Å². The van der Waals surface area contributed by atoms with Gasteiger partial charge in [0.05, 0.1) is 18.4 Å². The van der Waals surface area contributed by atoms with Crippen LogP contribution in [0.1, 0.15) is 36.0 Å². The summed E-state index contributed by atoms with van der Waals surface area (Å²) in [5.41, 5.74) is 0.813. The zero-order valence-electron chi connectivity index (χ0n) is 12.5. The van der Waals surface area contributed by atoms with E-state index >= 15 is 0 Å². The molecule has 120 valence electrons. The molecule has 1 unspecified atom stereocenters. The van der Waals surface area contributed by atoms with E-state index in [1.54, 1.807) is 18.2 Å². The lowest BCUT2D eigenvalue weighted by Crippen LogP contribution is -2.45. The maximum absolute atomic E-state index is 12.8. The first-order valence-electron chi connectivity index (χ1n) is 7.50. The second kappa shape index (κ2) is 5.79. The third kappa shape index (κ3) is 3.19. The van der Waals surface area contributed by atoms with E-state index in [9.17, 15) is 13.2 Å². The van der Waals surface area contributed by atoms with Crippen LogP contribution in [0.4, 0.5) is 5.69 Å². The molecule has 1 aromatic carbocycles. The van der Waals surface area contributed by atoms with Crippen molar-refractivity contribution < 1.29 is 17.9 Å². The number of hydrogen-bond acceptors (Lipinski definition) is 4. The van der Waals surface area contributed by atoms with Crippen LogP contribution in [0.15, 0.2) is 18.2 Å². The van der Waals surface area contributed by atoms with E-state index in [1.165, 1.54) is 0 Å². The summed E-state index contributed by atoms with van der Waals surface area (Å²) in [6.45, 7) is 1.33. The van der Waals surface area contributed by atoms with E-state index < -0.39 is 10.0 Å². The van der Waals surface area contributed by atoms with Gasteiger partial charge in [0.15, 0.2) is 0 Å². The van der Waals surface area contributed by atoms with Gasteiger partial charge in [-0.25, -0.2) is 8.42 Å². The molecule has 22 heavy (non-hydrogen) atoms. The summed E-state index contributed by atoms with van der Waals surface area (Å²) in [7, 11) is -3.38. The number of benzene rings is 1. The van der Waals surface area contributed by atoms with Crippen LogP contribution in [0, 0.1) is 0 Å². The molecule has 7 heteroatoms. The maximum Gasteiger partial charge on any atom is 0.257 e. The standard InChI is InChI=1S/C15H20N2O4S/c1-22(19,20)16-11-5-6-14-13(10-11)15(18)17-8-3-2-4-12(17)7-9-21-14/h5-6,10,12,16H,2-4,7-9H2,1H3. The fourth-order valence-electron chi connectivity index (χ4n) is 3.13. The smallest absolute Gasteiger partial charge is 0.257 e. The molecule has 1 saturated heterocycles. The van der Waals surface area contributed by atoms with Crippen LogP contribution in [0.5, 0.6) is 5.75 Å². The van der Waals surface area contributed by atoms with Crippen molar-refractivity contribution in [3.8, 4) is 5.75 Å². The molecule has 1 fully saturated rings. The topological polar surface area (TPSA) is 75.7 Å². The van der Waals surface area contributed by atoms with Gasteiger partial charge in [-0.1, -0.05) is 0 Å². The molecule has 0 radical (unpaired) electrons. The minimum Gasteiger partial charge on any atom is -0.493 e. The monoisotopic (exact) mass is 324 g/mol. The molecule has 0 aliphatic carbocycles. The van der Waals surface area contributed by atoms with Crippen molar-refractivity contribution in [3.63, 3.8) is 0 Å². The molecule has 0 aromatic heterocycles. The zero-order chi connectivity index (χ0) is 15.7. The molecule has 0 spiro atoms. The largest absolute Gasteiger partial charge is 0.493 e. The number of carbonyl (C=O) groups is 1. The molecule has 6 nitrogen and oxygen atoms in total. The fraction of sp³-hybridized carbons (Fsp3) is 0.533. The van der Waals surface area contributed by atoms with Crippen LogP contribution >= 0.6 is 0 Å². The second-order valence-corrected chi connectivity index (χ2v) is 7.62. The highest BCUT2D eigenvalue weighted by atomic mass is 32.2. The zero-order valence-corrected chi connectivity index (χ0v) is 13.4. The molecule has 0 saturated carbocycles. The number of nitrogens with zero attached hydrogens (tertiary/aromatic N) is 1. The van der Waals surface area contributed by atoms with Gasteiger partial charge in [0.1, 0.15) is 5.75 Å². The summed E-state index contributed by atoms with van der Waals surface area (Å²) < 4.78 is 30.8. The van der Waals surface area contributed by atoms with Crippen LogP contribution in [-0.2, 0) is 10.0 Å². The van der Waals surface area contributed by atoms with E-state index in [-0.39, 0.29) is 11.9 Å². The Hall–Kier alpha value is -1.76. The van der Waals surface area contributed by atoms with Gasteiger partial charge in [0.25, 0.3) is 5.91 Å². The number of fused-ring (bicyclic) bond motifs is 2. The lowest BCUT2D eigenvalue weighted by Gasteiger charge is -2.37. The first kappa shape index (κ1) is 15.1. The summed E-state index contributed by atoms with van der Waals surface area (Å²) in [4.78, 5) is 14.7. The molecule has 1 atom stereocenters. The molecule has 2 aliphatic heterocycles. The first-order valence-corrected chi connectivity index (χ1v) is 9.39. The highest BCUT2D eigenvalue weighted by Gasteiger charge is 2.31. The molecule has 1 amide bonds. The van der Waals surface area contributed by atoms with E-state index in [0.29, 0.717) is 23.6 Å². The van der Waals surface area contributed by atoms with E-state index in [2.05, 4.69) is 4.72 Å². The number of rotatable bonds is 2. The lowest BCUT2D eigenvalue weighted by molar-refractivity contribution is 0.0549. The molecule has 1 aromatic rings. The Labute approximate surface area is 130 Å². The van der Waals surface area contributed by atoms with Crippen molar-refractivity contribution in [3.05, 3.63) is 23.8 Å². The summed E-state index contributed by atoms with van der Waals surface area (Å²) in [5, 5.41) is 0. The Balaban J connectivity index is 1.96. The Morgan fingerprint density at radius 3 is 2.86 bits per heavy atom. The molecule has 2 aliphatic rings. The molecule has 0 bridgehead atoms. The van der Waals surface area contributed by atoms with Gasteiger partial charge < -0.3 is 9.64 Å². The predicted octanol–water partition coefficient (Wildman–Crippen LogP) is 1.84. The van der Waals surface area contributed by atoms with Crippen molar-refractivity contribution in [2.45, 2.75) is 31.7 Å². The summed E-state index contributed by atoms with van der Waals surface area (Å²) >= 11 is 0. The Morgan fingerprint density at radius 2 is 2.09 bits per heavy atom. The SMILES string of the molecule is CS(=O)(=O)Nc1ccc2c(c1)C(=O)N1CCCCC1CCO2. The summed E-state index contributed by atoms with van der Waals surface area (Å²) in [6, 6.07) is 5.06. The maximum atomic E-state index is 12.8.